The third-order valence-corrected chi connectivity index (χ3v) is 4.04. The first-order valence-corrected chi connectivity index (χ1v) is 8.86. The van der Waals surface area contributed by atoms with Crippen molar-refractivity contribution in [3.8, 4) is 5.75 Å². The number of aromatic nitrogens is 1. The van der Waals surface area contributed by atoms with Gasteiger partial charge in [0, 0.05) is 19.5 Å². The largest absolute Gasteiger partial charge is 0.491 e. The molecule has 2 aromatic rings. The van der Waals surface area contributed by atoms with E-state index in [1.807, 2.05) is 43.1 Å². The molecule has 0 atom stereocenters. The SMILES string of the molecule is CN=C(NCc1ncc(C(C)(C)C)o1)N(C)CCOc1ccccc1C.I. The van der Waals surface area contributed by atoms with Crippen molar-refractivity contribution in [2.24, 2.45) is 4.99 Å². The third-order valence-electron chi connectivity index (χ3n) is 4.04. The second-order valence-electron chi connectivity index (χ2n) is 7.30. The molecule has 0 aliphatic heterocycles. The van der Waals surface area contributed by atoms with Crippen molar-refractivity contribution in [1.82, 2.24) is 15.2 Å². The van der Waals surface area contributed by atoms with Gasteiger partial charge in [0.1, 0.15) is 18.1 Å². The number of aliphatic imine (C=N–C) groups is 1. The Balaban J connectivity index is 0.00000364. The van der Waals surface area contributed by atoms with Gasteiger partial charge < -0.3 is 19.4 Å². The van der Waals surface area contributed by atoms with Crippen LogP contribution >= 0.6 is 24.0 Å². The molecule has 2 rings (SSSR count). The Kier molecular flexibility index (Phi) is 9.08. The molecule has 0 fully saturated rings. The van der Waals surface area contributed by atoms with E-state index in [2.05, 4.69) is 36.1 Å². The monoisotopic (exact) mass is 486 g/mol. The van der Waals surface area contributed by atoms with E-state index in [4.69, 9.17) is 9.15 Å². The van der Waals surface area contributed by atoms with Gasteiger partial charge >= 0.3 is 0 Å². The highest BCUT2D eigenvalue weighted by atomic mass is 127. The summed E-state index contributed by atoms with van der Waals surface area (Å²) in [5.74, 6) is 3.22. The lowest BCUT2D eigenvalue weighted by atomic mass is 9.94. The highest BCUT2D eigenvalue weighted by Crippen LogP contribution is 2.22. The molecule has 0 unspecified atom stereocenters. The number of aryl methyl sites for hydroxylation is 1. The third kappa shape index (κ3) is 7.04. The summed E-state index contributed by atoms with van der Waals surface area (Å²) in [7, 11) is 3.74. The summed E-state index contributed by atoms with van der Waals surface area (Å²) in [4.78, 5) is 10.7. The Labute approximate surface area is 179 Å². The summed E-state index contributed by atoms with van der Waals surface area (Å²) in [5.41, 5.74) is 1.09. The number of likely N-dealkylation sites (N-methyl/N-ethyl adjacent to an activating group) is 1. The highest BCUT2D eigenvalue weighted by molar-refractivity contribution is 14.0. The fourth-order valence-electron chi connectivity index (χ4n) is 2.39. The minimum Gasteiger partial charge on any atom is -0.491 e. The normalized spacial score (nSPS) is 11.7. The predicted octanol–water partition coefficient (Wildman–Crippen LogP) is 3.98. The van der Waals surface area contributed by atoms with Crippen LogP contribution in [0.3, 0.4) is 0 Å². The maximum Gasteiger partial charge on any atom is 0.213 e. The minimum atomic E-state index is -0.0450. The molecule has 0 amide bonds. The van der Waals surface area contributed by atoms with Gasteiger partial charge in [-0.3, -0.25) is 4.99 Å². The summed E-state index contributed by atoms with van der Waals surface area (Å²) in [6, 6.07) is 8.02. The molecular formula is C20H31IN4O2. The van der Waals surface area contributed by atoms with Crippen molar-refractivity contribution in [2.75, 3.05) is 27.2 Å². The van der Waals surface area contributed by atoms with Crippen LogP contribution in [0.5, 0.6) is 5.75 Å². The van der Waals surface area contributed by atoms with Gasteiger partial charge in [0.05, 0.1) is 19.3 Å². The number of para-hydroxylation sites is 1. The van der Waals surface area contributed by atoms with Gasteiger partial charge in [0.2, 0.25) is 5.89 Å². The number of nitrogens with zero attached hydrogens (tertiary/aromatic N) is 3. The van der Waals surface area contributed by atoms with Crippen LogP contribution in [0, 0.1) is 6.92 Å². The molecule has 1 heterocycles. The van der Waals surface area contributed by atoms with Crippen LogP contribution in [0.1, 0.15) is 38.0 Å². The van der Waals surface area contributed by atoms with Crippen LogP contribution in [0.2, 0.25) is 0 Å². The molecule has 0 spiro atoms. The van der Waals surface area contributed by atoms with Crippen LogP contribution in [-0.2, 0) is 12.0 Å². The Morgan fingerprint density at radius 3 is 2.59 bits per heavy atom. The Morgan fingerprint density at radius 2 is 2.00 bits per heavy atom. The molecule has 0 saturated heterocycles. The maximum atomic E-state index is 5.85. The van der Waals surface area contributed by atoms with Gasteiger partial charge in [0.25, 0.3) is 0 Å². The number of guanidine groups is 1. The quantitative estimate of drug-likeness (QED) is 0.380. The van der Waals surface area contributed by atoms with Crippen LogP contribution < -0.4 is 10.1 Å². The number of halogens is 1. The number of benzene rings is 1. The number of hydrogen-bond acceptors (Lipinski definition) is 4. The van der Waals surface area contributed by atoms with Crippen LogP contribution in [-0.4, -0.2) is 43.1 Å². The van der Waals surface area contributed by atoms with Crippen molar-refractivity contribution in [2.45, 2.75) is 39.7 Å². The minimum absolute atomic E-state index is 0. The van der Waals surface area contributed by atoms with Crippen molar-refractivity contribution in [1.29, 1.82) is 0 Å². The number of rotatable bonds is 6. The van der Waals surface area contributed by atoms with Crippen LogP contribution in [0.25, 0.3) is 0 Å². The smallest absolute Gasteiger partial charge is 0.213 e. The molecule has 1 aromatic carbocycles. The van der Waals surface area contributed by atoms with Gasteiger partial charge in [0.15, 0.2) is 5.96 Å². The van der Waals surface area contributed by atoms with Crippen LogP contribution in [0.15, 0.2) is 39.9 Å². The Hall–Kier alpha value is -1.77. The molecule has 0 saturated carbocycles. The van der Waals surface area contributed by atoms with E-state index in [1.165, 1.54) is 0 Å². The summed E-state index contributed by atoms with van der Waals surface area (Å²) in [5, 5.41) is 3.27. The fourth-order valence-corrected chi connectivity index (χ4v) is 2.39. The summed E-state index contributed by atoms with van der Waals surface area (Å²) in [6.07, 6.45) is 1.79. The van der Waals surface area contributed by atoms with Crippen molar-refractivity contribution >= 4 is 29.9 Å². The predicted molar refractivity (Wildman–Crippen MR) is 120 cm³/mol. The molecule has 150 valence electrons. The second-order valence-corrected chi connectivity index (χ2v) is 7.30. The van der Waals surface area contributed by atoms with Crippen molar-refractivity contribution in [3.05, 3.63) is 47.7 Å². The molecule has 27 heavy (non-hydrogen) atoms. The van der Waals surface area contributed by atoms with Gasteiger partial charge in [-0.1, -0.05) is 39.0 Å². The molecule has 1 N–H and O–H groups in total. The zero-order valence-electron chi connectivity index (χ0n) is 17.1. The second kappa shape index (κ2) is 10.5. The highest BCUT2D eigenvalue weighted by Gasteiger charge is 2.19. The van der Waals surface area contributed by atoms with Crippen molar-refractivity contribution in [3.63, 3.8) is 0 Å². The molecule has 1 aromatic heterocycles. The van der Waals surface area contributed by atoms with Gasteiger partial charge in [-0.2, -0.15) is 0 Å². The first kappa shape index (κ1) is 23.3. The lowest BCUT2D eigenvalue weighted by molar-refractivity contribution is 0.279. The molecule has 0 radical (unpaired) electrons. The first-order chi connectivity index (χ1) is 12.3. The summed E-state index contributed by atoms with van der Waals surface area (Å²) < 4.78 is 11.7. The Morgan fingerprint density at radius 1 is 1.30 bits per heavy atom. The molecule has 0 aliphatic carbocycles. The lowest BCUT2D eigenvalue weighted by Gasteiger charge is -2.22. The molecule has 6 nitrogen and oxygen atoms in total. The molecular weight excluding hydrogens is 455 g/mol. The average molecular weight is 486 g/mol. The van der Waals surface area contributed by atoms with E-state index in [0.717, 1.165) is 23.0 Å². The molecule has 7 heteroatoms. The van der Waals surface area contributed by atoms with Crippen molar-refractivity contribution < 1.29 is 9.15 Å². The number of ether oxygens (including phenoxy) is 1. The zero-order chi connectivity index (χ0) is 19.2. The molecule has 0 bridgehead atoms. The van der Waals surface area contributed by atoms with Crippen LogP contribution in [0.4, 0.5) is 0 Å². The number of hydrogen-bond donors (Lipinski definition) is 1. The van der Waals surface area contributed by atoms with E-state index in [9.17, 15) is 0 Å². The van der Waals surface area contributed by atoms with E-state index in [0.29, 0.717) is 25.6 Å². The van der Waals surface area contributed by atoms with Gasteiger partial charge in [-0.05, 0) is 18.6 Å². The standard InChI is InChI=1S/C20H30N4O2.HI/c1-15-9-7-8-10-16(15)25-12-11-24(6)19(21-5)23-14-18-22-13-17(26-18)20(2,3)4;/h7-10,13H,11-12,14H2,1-6H3,(H,21,23);1H. The van der Waals surface area contributed by atoms with Gasteiger partial charge in [-0.15, -0.1) is 24.0 Å². The van der Waals surface area contributed by atoms with E-state index < -0.39 is 0 Å². The lowest BCUT2D eigenvalue weighted by Crippen LogP contribution is -2.40. The molecule has 0 aliphatic rings. The van der Waals surface area contributed by atoms with E-state index in [1.54, 1.807) is 13.2 Å². The Bertz CT molecular complexity index is 738. The maximum absolute atomic E-state index is 5.85. The van der Waals surface area contributed by atoms with Gasteiger partial charge in [-0.25, -0.2) is 4.98 Å². The number of oxazole rings is 1. The number of nitrogens with one attached hydrogen (secondary N) is 1. The fraction of sp³-hybridized carbons (Fsp3) is 0.500. The average Bonchev–Trinajstić information content (AvgIpc) is 3.06. The van der Waals surface area contributed by atoms with E-state index >= 15 is 0 Å². The van der Waals surface area contributed by atoms with E-state index in [-0.39, 0.29) is 29.4 Å². The summed E-state index contributed by atoms with van der Waals surface area (Å²) in [6.45, 7) is 10.1. The summed E-state index contributed by atoms with van der Waals surface area (Å²) >= 11 is 0. The topological polar surface area (TPSA) is 62.9 Å². The first-order valence-electron chi connectivity index (χ1n) is 8.86. The zero-order valence-corrected chi connectivity index (χ0v) is 19.4.